The highest BCUT2D eigenvalue weighted by Crippen LogP contribution is 2.29. The average molecular weight is 448 g/mol. The highest BCUT2D eigenvalue weighted by molar-refractivity contribution is 6.29. The van der Waals surface area contributed by atoms with Crippen LogP contribution in [0, 0.1) is 13.8 Å². The van der Waals surface area contributed by atoms with Gasteiger partial charge in [-0.3, -0.25) is 9.59 Å². The zero-order valence-electron chi connectivity index (χ0n) is 18.3. The van der Waals surface area contributed by atoms with Crippen molar-refractivity contribution in [3.05, 3.63) is 93.8 Å². The highest BCUT2D eigenvalue weighted by atomic mass is 35.5. The van der Waals surface area contributed by atoms with Crippen LogP contribution in [0.5, 0.6) is 0 Å². The molecule has 0 radical (unpaired) electrons. The number of rotatable bonds is 4. The fraction of sp³-hybridized carbons (Fsp3) is 0.269. The summed E-state index contributed by atoms with van der Waals surface area (Å²) >= 11 is 5.80. The fourth-order valence-electron chi connectivity index (χ4n) is 4.03. The van der Waals surface area contributed by atoms with Gasteiger partial charge in [0.05, 0.1) is 5.56 Å². The lowest BCUT2D eigenvalue weighted by atomic mass is 9.89. The Morgan fingerprint density at radius 3 is 2.31 bits per heavy atom. The van der Waals surface area contributed by atoms with Crippen LogP contribution < -0.4 is 5.32 Å². The zero-order chi connectivity index (χ0) is 22.7. The minimum absolute atomic E-state index is 0.00369. The number of carbonyl (C=O) groups excluding carboxylic acids is 2. The van der Waals surface area contributed by atoms with E-state index in [0.717, 1.165) is 31.5 Å². The summed E-state index contributed by atoms with van der Waals surface area (Å²) in [5.74, 6) is 0.192. The predicted molar refractivity (Wildman–Crippen MR) is 127 cm³/mol. The average Bonchev–Trinajstić information content (AvgIpc) is 2.81. The van der Waals surface area contributed by atoms with Crippen LogP contribution in [0.4, 0.5) is 5.69 Å². The summed E-state index contributed by atoms with van der Waals surface area (Å²) in [4.78, 5) is 31.5. The molecule has 1 aromatic heterocycles. The van der Waals surface area contributed by atoms with Gasteiger partial charge in [-0.15, -0.1) is 0 Å². The molecule has 6 heteroatoms. The summed E-state index contributed by atoms with van der Waals surface area (Å²) in [5, 5.41) is 3.21. The summed E-state index contributed by atoms with van der Waals surface area (Å²) in [5.41, 5.74) is 5.09. The second-order valence-corrected chi connectivity index (χ2v) is 8.72. The van der Waals surface area contributed by atoms with Crippen molar-refractivity contribution in [3.63, 3.8) is 0 Å². The standard InChI is InChI=1S/C26H26ClN3O2/c1-17-3-6-19(7-4-17)20-11-13-30(14-12-20)26(32)21-8-5-18(2)23(15-21)29-25(31)22-9-10-24(27)28-16-22/h3-10,15-16,20H,11-14H2,1-2H3,(H,29,31). The molecule has 0 saturated carbocycles. The minimum Gasteiger partial charge on any atom is -0.339 e. The number of hydrogen-bond acceptors (Lipinski definition) is 3. The van der Waals surface area contributed by atoms with Crippen molar-refractivity contribution in [1.82, 2.24) is 9.88 Å². The molecule has 5 nitrogen and oxygen atoms in total. The number of pyridine rings is 1. The van der Waals surface area contributed by atoms with Gasteiger partial charge in [0.1, 0.15) is 5.15 Å². The van der Waals surface area contributed by atoms with Crippen LogP contribution in [0.3, 0.4) is 0 Å². The number of aromatic nitrogens is 1. The second kappa shape index (κ2) is 9.53. The molecule has 1 fully saturated rings. The molecule has 0 atom stereocenters. The zero-order valence-corrected chi connectivity index (χ0v) is 19.0. The third-order valence-corrected chi connectivity index (χ3v) is 6.28. The number of benzene rings is 2. The van der Waals surface area contributed by atoms with E-state index in [9.17, 15) is 9.59 Å². The number of halogens is 1. The van der Waals surface area contributed by atoms with E-state index in [0.29, 0.717) is 27.9 Å². The SMILES string of the molecule is Cc1ccc(C2CCN(C(=O)c3ccc(C)c(NC(=O)c4ccc(Cl)nc4)c3)CC2)cc1. The van der Waals surface area contributed by atoms with Gasteiger partial charge in [-0.05, 0) is 68.0 Å². The van der Waals surface area contributed by atoms with Crippen LogP contribution in [-0.2, 0) is 0 Å². The third kappa shape index (κ3) is 5.00. The van der Waals surface area contributed by atoms with Gasteiger partial charge < -0.3 is 10.2 Å². The molecule has 1 aliphatic rings. The Morgan fingerprint density at radius 1 is 0.969 bits per heavy atom. The fourth-order valence-corrected chi connectivity index (χ4v) is 4.14. The van der Waals surface area contributed by atoms with Gasteiger partial charge in [-0.25, -0.2) is 4.98 Å². The molecule has 164 valence electrons. The smallest absolute Gasteiger partial charge is 0.257 e. The van der Waals surface area contributed by atoms with Crippen molar-refractivity contribution in [2.45, 2.75) is 32.6 Å². The van der Waals surface area contributed by atoms with Gasteiger partial charge in [0.25, 0.3) is 11.8 Å². The quantitative estimate of drug-likeness (QED) is 0.527. The van der Waals surface area contributed by atoms with Gasteiger partial charge in [-0.1, -0.05) is 47.5 Å². The minimum atomic E-state index is -0.291. The van der Waals surface area contributed by atoms with Crippen molar-refractivity contribution in [1.29, 1.82) is 0 Å². The molecule has 4 rings (SSSR count). The molecular formula is C26H26ClN3O2. The van der Waals surface area contributed by atoms with E-state index in [1.165, 1.54) is 17.3 Å². The molecule has 1 N–H and O–H groups in total. The molecule has 32 heavy (non-hydrogen) atoms. The van der Waals surface area contributed by atoms with Crippen LogP contribution in [0.25, 0.3) is 0 Å². The molecule has 1 saturated heterocycles. The van der Waals surface area contributed by atoms with Crippen LogP contribution >= 0.6 is 11.6 Å². The molecule has 2 heterocycles. The van der Waals surface area contributed by atoms with E-state index in [2.05, 4.69) is 41.5 Å². The maximum Gasteiger partial charge on any atom is 0.257 e. The first kappa shape index (κ1) is 22.0. The second-order valence-electron chi connectivity index (χ2n) is 8.33. The van der Waals surface area contributed by atoms with Gasteiger partial charge in [0, 0.05) is 30.5 Å². The molecule has 0 aliphatic carbocycles. The number of aryl methyl sites for hydroxylation is 2. The summed E-state index contributed by atoms with van der Waals surface area (Å²) in [6, 6.07) is 17.3. The van der Waals surface area contributed by atoms with Crippen molar-refractivity contribution >= 4 is 29.1 Å². The van der Waals surface area contributed by atoms with Crippen LogP contribution in [-0.4, -0.2) is 34.8 Å². The largest absolute Gasteiger partial charge is 0.339 e. The predicted octanol–water partition coefficient (Wildman–Crippen LogP) is 5.62. The topological polar surface area (TPSA) is 62.3 Å². The van der Waals surface area contributed by atoms with E-state index in [-0.39, 0.29) is 11.8 Å². The first-order valence-electron chi connectivity index (χ1n) is 10.8. The van der Waals surface area contributed by atoms with E-state index < -0.39 is 0 Å². The number of hydrogen-bond donors (Lipinski definition) is 1. The molecule has 0 unspecified atom stereocenters. The van der Waals surface area contributed by atoms with Crippen molar-refractivity contribution in [2.75, 3.05) is 18.4 Å². The Bertz CT molecular complexity index is 1120. The van der Waals surface area contributed by atoms with Crippen molar-refractivity contribution < 1.29 is 9.59 Å². The Morgan fingerprint density at radius 2 is 1.66 bits per heavy atom. The number of piperidine rings is 1. The van der Waals surface area contributed by atoms with Gasteiger partial charge in [0.15, 0.2) is 0 Å². The Kier molecular flexibility index (Phi) is 6.56. The highest BCUT2D eigenvalue weighted by Gasteiger charge is 2.25. The number of nitrogens with one attached hydrogen (secondary N) is 1. The first-order valence-corrected chi connectivity index (χ1v) is 11.2. The van der Waals surface area contributed by atoms with Crippen molar-refractivity contribution in [2.24, 2.45) is 0 Å². The molecule has 1 aliphatic heterocycles. The molecule has 2 aromatic carbocycles. The van der Waals surface area contributed by atoms with E-state index >= 15 is 0 Å². The van der Waals surface area contributed by atoms with Crippen molar-refractivity contribution in [3.8, 4) is 0 Å². The third-order valence-electron chi connectivity index (χ3n) is 6.05. The molecular weight excluding hydrogens is 422 g/mol. The van der Waals surface area contributed by atoms with Crippen LogP contribution in [0.2, 0.25) is 5.15 Å². The van der Waals surface area contributed by atoms with Crippen LogP contribution in [0.1, 0.15) is 56.2 Å². The molecule has 2 amide bonds. The summed E-state index contributed by atoms with van der Waals surface area (Å²) in [7, 11) is 0. The lowest BCUT2D eigenvalue weighted by Gasteiger charge is -2.32. The van der Waals surface area contributed by atoms with E-state index in [1.54, 1.807) is 18.2 Å². The lowest BCUT2D eigenvalue weighted by Crippen LogP contribution is -2.38. The van der Waals surface area contributed by atoms with Crippen LogP contribution in [0.15, 0.2) is 60.8 Å². The Hall–Kier alpha value is -3.18. The monoisotopic (exact) mass is 447 g/mol. The van der Waals surface area contributed by atoms with Gasteiger partial charge >= 0.3 is 0 Å². The van der Waals surface area contributed by atoms with Gasteiger partial charge in [-0.2, -0.15) is 0 Å². The number of likely N-dealkylation sites (tertiary alicyclic amines) is 1. The number of amides is 2. The Labute approximate surface area is 193 Å². The van der Waals surface area contributed by atoms with Gasteiger partial charge in [0.2, 0.25) is 0 Å². The maximum atomic E-state index is 13.1. The maximum absolute atomic E-state index is 13.1. The molecule has 0 spiro atoms. The normalized spacial score (nSPS) is 14.3. The van der Waals surface area contributed by atoms with E-state index in [4.69, 9.17) is 11.6 Å². The summed E-state index contributed by atoms with van der Waals surface area (Å²) in [6.45, 7) is 5.44. The first-order chi connectivity index (χ1) is 15.4. The number of nitrogens with zero attached hydrogens (tertiary/aromatic N) is 2. The molecule has 3 aromatic rings. The number of carbonyl (C=O) groups is 2. The summed E-state index contributed by atoms with van der Waals surface area (Å²) in [6.07, 6.45) is 3.34. The lowest BCUT2D eigenvalue weighted by molar-refractivity contribution is 0.0712. The van der Waals surface area contributed by atoms with E-state index in [1.807, 2.05) is 24.0 Å². The molecule has 0 bridgehead atoms. The Balaban J connectivity index is 1.42. The number of anilines is 1. The summed E-state index contributed by atoms with van der Waals surface area (Å²) < 4.78 is 0.